The van der Waals surface area contributed by atoms with Gasteiger partial charge in [0.25, 0.3) is 5.56 Å². The first-order chi connectivity index (χ1) is 14.0. The Kier molecular flexibility index (Phi) is 4.84. The molecule has 148 valence electrons. The number of amides is 1. The van der Waals surface area contributed by atoms with Crippen molar-refractivity contribution in [3.63, 3.8) is 0 Å². The fourth-order valence-electron chi connectivity index (χ4n) is 3.48. The van der Waals surface area contributed by atoms with Gasteiger partial charge in [0.1, 0.15) is 5.52 Å². The molecule has 0 unspecified atom stereocenters. The minimum atomic E-state index is -0.591. The Labute approximate surface area is 166 Å². The SMILES string of the molecule is Cc1cccc(N2C[C@H](C(=O)OCn3nnc4ccccc4c3=O)CC2=O)c1C. The van der Waals surface area contributed by atoms with Crippen LogP contribution in [0.5, 0.6) is 0 Å². The van der Waals surface area contributed by atoms with E-state index in [-0.39, 0.29) is 31.2 Å². The molecular weight excluding hydrogens is 372 g/mol. The lowest BCUT2D eigenvalue weighted by Gasteiger charge is -2.20. The van der Waals surface area contributed by atoms with Gasteiger partial charge in [-0.3, -0.25) is 14.4 Å². The number of aromatic nitrogens is 3. The molecule has 1 aliphatic rings. The summed E-state index contributed by atoms with van der Waals surface area (Å²) in [6.07, 6.45) is 0.0739. The summed E-state index contributed by atoms with van der Waals surface area (Å²) in [6.45, 7) is 3.84. The van der Waals surface area contributed by atoms with Crippen LogP contribution in [0.1, 0.15) is 17.5 Å². The Balaban J connectivity index is 1.46. The molecule has 2 aromatic carbocycles. The van der Waals surface area contributed by atoms with E-state index in [4.69, 9.17) is 4.74 Å². The van der Waals surface area contributed by atoms with E-state index in [0.717, 1.165) is 21.5 Å². The lowest BCUT2D eigenvalue weighted by molar-refractivity contribution is -0.152. The van der Waals surface area contributed by atoms with Crippen molar-refractivity contribution < 1.29 is 14.3 Å². The van der Waals surface area contributed by atoms with Crippen molar-refractivity contribution in [3.8, 4) is 0 Å². The van der Waals surface area contributed by atoms with Crippen LogP contribution >= 0.6 is 0 Å². The van der Waals surface area contributed by atoms with Gasteiger partial charge in [0.15, 0.2) is 6.73 Å². The van der Waals surface area contributed by atoms with Crippen LogP contribution in [-0.4, -0.2) is 33.4 Å². The minimum absolute atomic E-state index is 0.0739. The Morgan fingerprint density at radius 1 is 1.14 bits per heavy atom. The van der Waals surface area contributed by atoms with Crippen molar-refractivity contribution in [2.45, 2.75) is 27.0 Å². The molecule has 3 aromatic rings. The number of hydrogen-bond donors (Lipinski definition) is 0. The average Bonchev–Trinajstić information content (AvgIpc) is 3.11. The molecule has 4 rings (SSSR count). The zero-order valence-corrected chi connectivity index (χ0v) is 16.2. The predicted molar refractivity (Wildman–Crippen MR) is 106 cm³/mol. The normalized spacial score (nSPS) is 16.4. The lowest BCUT2D eigenvalue weighted by atomic mass is 10.1. The first-order valence-corrected chi connectivity index (χ1v) is 9.31. The Hall–Kier alpha value is -3.55. The molecule has 0 aliphatic carbocycles. The number of fused-ring (bicyclic) bond motifs is 1. The van der Waals surface area contributed by atoms with Crippen LogP contribution in [0.4, 0.5) is 5.69 Å². The molecule has 1 atom stereocenters. The third-order valence-electron chi connectivity index (χ3n) is 5.28. The van der Waals surface area contributed by atoms with Crippen LogP contribution in [-0.2, 0) is 21.1 Å². The highest BCUT2D eigenvalue weighted by molar-refractivity contribution is 6.00. The van der Waals surface area contributed by atoms with E-state index < -0.39 is 11.9 Å². The lowest BCUT2D eigenvalue weighted by Crippen LogP contribution is -2.30. The number of ether oxygens (including phenoxy) is 1. The Bertz CT molecular complexity index is 1170. The second-order valence-corrected chi connectivity index (χ2v) is 7.13. The second-order valence-electron chi connectivity index (χ2n) is 7.13. The van der Waals surface area contributed by atoms with Crippen molar-refractivity contribution in [1.82, 2.24) is 15.0 Å². The van der Waals surface area contributed by atoms with Crippen LogP contribution in [0.2, 0.25) is 0 Å². The van der Waals surface area contributed by atoms with Crippen LogP contribution in [0.3, 0.4) is 0 Å². The zero-order chi connectivity index (χ0) is 20.5. The average molecular weight is 392 g/mol. The van der Waals surface area contributed by atoms with Crippen LogP contribution < -0.4 is 10.5 Å². The molecular formula is C21H20N4O4. The third kappa shape index (κ3) is 3.49. The number of carbonyl (C=O) groups excluding carboxylic acids is 2. The monoisotopic (exact) mass is 392 g/mol. The van der Waals surface area contributed by atoms with Crippen LogP contribution in [0, 0.1) is 19.8 Å². The Morgan fingerprint density at radius 3 is 2.76 bits per heavy atom. The number of hydrogen-bond acceptors (Lipinski definition) is 6. The van der Waals surface area contributed by atoms with Crippen molar-refractivity contribution >= 4 is 28.5 Å². The molecule has 0 bridgehead atoms. The summed E-state index contributed by atoms with van der Waals surface area (Å²) >= 11 is 0. The number of benzene rings is 2. The van der Waals surface area contributed by atoms with Gasteiger partial charge in [0, 0.05) is 18.7 Å². The van der Waals surface area contributed by atoms with Crippen LogP contribution in [0.25, 0.3) is 10.9 Å². The highest BCUT2D eigenvalue weighted by Gasteiger charge is 2.36. The van der Waals surface area contributed by atoms with Crippen molar-refractivity contribution in [2.24, 2.45) is 5.92 Å². The summed E-state index contributed by atoms with van der Waals surface area (Å²) in [5, 5.41) is 8.16. The standard InChI is InChI=1S/C21H20N4O4/c1-13-6-5-9-18(14(13)2)24-11-15(10-19(24)26)21(28)29-12-25-20(27)16-7-3-4-8-17(16)22-23-25/h3-9,15H,10-12H2,1-2H3/t15-/m1/s1. The molecule has 1 fully saturated rings. The van der Waals surface area contributed by atoms with Gasteiger partial charge in [-0.05, 0) is 43.2 Å². The summed E-state index contributed by atoms with van der Waals surface area (Å²) in [5.74, 6) is -1.25. The molecule has 8 heteroatoms. The molecule has 0 saturated carbocycles. The fourth-order valence-corrected chi connectivity index (χ4v) is 3.48. The first-order valence-electron chi connectivity index (χ1n) is 9.31. The maximum atomic E-state index is 12.5. The molecule has 2 heterocycles. The van der Waals surface area contributed by atoms with E-state index in [1.165, 1.54) is 0 Å². The van der Waals surface area contributed by atoms with Gasteiger partial charge in [-0.2, -0.15) is 4.68 Å². The largest absolute Gasteiger partial charge is 0.442 e. The molecule has 0 radical (unpaired) electrons. The van der Waals surface area contributed by atoms with Gasteiger partial charge < -0.3 is 9.64 Å². The molecule has 29 heavy (non-hydrogen) atoms. The van der Waals surface area contributed by atoms with Gasteiger partial charge in [-0.15, -0.1) is 5.10 Å². The summed E-state index contributed by atoms with van der Waals surface area (Å²) in [5.41, 5.74) is 2.99. The summed E-state index contributed by atoms with van der Waals surface area (Å²) < 4.78 is 6.27. The molecule has 1 amide bonds. The summed E-state index contributed by atoms with van der Waals surface area (Å²) in [7, 11) is 0. The second kappa shape index (κ2) is 7.46. The molecule has 8 nitrogen and oxygen atoms in total. The molecule has 1 aliphatic heterocycles. The number of rotatable bonds is 4. The van der Waals surface area contributed by atoms with Crippen molar-refractivity contribution in [2.75, 3.05) is 11.4 Å². The number of anilines is 1. The summed E-state index contributed by atoms with van der Waals surface area (Å²) in [6, 6.07) is 12.6. The van der Waals surface area contributed by atoms with E-state index in [9.17, 15) is 14.4 Å². The molecule has 0 spiro atoms. The van der Waals surface area contributed by atoms with Gasteiger partial charge in [-0.25, -0.2) is 0 Å². The molecule has 1 saturated heterocycles. The van der Waals surface area contributed by atoms with Crippen molar-refractivity contribution in [1.29, 1.82) is 0 Å². The first kappa shape index (κ1) is 18.8. The van der Waals surface area contributed by atoms with Gasteiger partial charge in [0.2, 0.25) is 5.91 Å². The smallest absolute Gasteiger partial charge is 0.313 e. The number of aryl methyl sites for hydroxylation is 1. The molecule has 1 aromatic heterocycles. The number of esters is 1. The van der Waals surface area contributed by atoms with Crippen molar-refractivity contribution in [3.05, 3.63) is 63.9 Å². The Morgan fingerprint density at radius 2 is 1.93 bits per heavy atom. The van der Waals surface area contributed by atoms with E-state index >= 15 is 0 Å². The van der Waals surface area contributed by atoms with E-state index in [0.29, 0.717) is 10.9 Å². The fraction of sp³-hybridized carbons (Fsp3) is 0.286. The quantitative estimate of drug-likeness (QED) is 0.630. The van der Waals surface area contributed by atoms with Gasteiger partial charge in [-0.1, -0.05) is 29.5 Å². The summed E-state index contributed by atoms with van der Waals surface area (Å²) in [4.78, 5) is 39.0. The van der Waals surface area contributed by atoms with E-state index in [2.05, 4.69) is 10.3 Å². The van der Waals surface area contributed by atoms with Crippen LogP contribution in [0.15, 0.2) is 47.3 Å². The molecule has 0 N–H and O–H groups in total. The number of carbonyl (C=O) groups is 2. The maximum Gasteiger partial charge on any atom is 0.313 e. The van der Waals surface area contributed by atoms with E-state index in [1.54, 1.807) is 29.2 Å². The highest BCUT2D eigenvalue weighted by Crippen LogP contribution is 2.29. The third-order valence-corrected chi connectivity index (χ3v) is 5.28. The number of nitrogens with zero attached hydrogens (tertiary/aromatic N) is 4. The topological polar surface area (TPSA) is 94.4 Å². The van der Waals surface area contributed by atoms with Gasteiger partial charge >= 0.3 is 5.97 Å². The van der Waals surface area contributed by atoms with E-state index in [1.807, 2.05) is 32.0 Å². The minimum Gasteiger partial charge on any atom is -0.442 e. The van der Waals surface area contributed by atoms with Gasteiger partial charge in [0.05, 0.1) is 11.3 Å². The maximum absolute atomic E-state index is 12.5. The highest BCUT2D eigenvalue weighted by atomic mass is 16.5. The zero-order valence-electron chi connectivity index (χ0n) is 16.2. The predicted octanol–water partition coefficient (Wildman–Crippen LogP) is 1.96.